The van der Waals surface area contributed by atoms with Gasteiger partial charge in [0.2, 0.25) is 5.91 Å². The number of nitrogens with zero attached hydrogens (tertiary/aromatic N) is 2. The minimum absolute atomic E-state index is 0.0288. The van der Waals surface area contributed by atoms with Crippen LogP contribution >= 0.6 is 0 Å². The first-order valence-corrected chi connectivity index (χ1v) is 9.28. The van der Waals surface area contributed by atoms with Gasteiger partial charge in [-0.05, 0) is 37.1 Å². The number of carbonyl (C=O) groups excluding carboxylic acids is 2. The third-order valence-electron chi connectivity index (χ3n) is 5.95. The Kier molecular flexibility index (Phi) is 4.55. The van der Waals surface area contributed by atoms with Crippen molar-refractivity contribution in [2.24, 2.45) is 0 Å². The number of hydrogen-bond acceptors (Lipinski definition) is 5. The van der Waals surface area contributed by atoms with Gasteiger partial charge in [0.25, 0.3) is 5.91 Å². The normalized spacial score (nSPS) is 22.0. The molecule has 1 N–H and O–H groups in total. The SMILES string of the molecule is COc1ccc2[nH]c3c(c2c1)CCN1C(=O)CN(CC(OC)OC)C(=O)[C@]31C. The minimum atomic E-state index is -1.08. The van der Waals surface area contributed by atoms with Crippen molar-refractivity contribution in [3.05, 3.63) is 29.5 Å². The number of aromatic amines is 1. The first kappa shape index (κ1) is 18.8. The molecule has 0 bridgehead atoms. The molecule has 0 unspecified atom stereocenters. The smallest absolute Gasteiger partial charge is 0.255 e. The van der Waals surface area contributed by atoms with E-state index in [0.717, 1.165) is 27.9 Å². The van der Waals surface area contributed by atoms with E-state index in [4.69, 9.17) is 14.2 Å². The summed E-state index contributed by atoms with van der Waals surface area (Å²) in [6.45, 7) is 2.55. The van der Waals surface area contributed by atoms with Crippen molar-refractivity contribution in [1.82, 2.24) is 14.8 Å². The second-order valence-corrected chi connectivity index (χ2v) is 7.34. The van der Waals surface area contributed by atoms with Crippen molar-refractivity contribution < 1.29 is 23.8 Å². The fraction of sp³-hybridized carbons (Fsp3) is 0.500. The summed E-state index contributed by atoms with van der Waals surface area (Å²) in [6.07, 6.45) is 0.109. The highest BCUT2D eigenvalue weighted by Gasteiger charge is 2.54. The van der Waals surface area contributed by atoms with E-state index in [2.05, 4.69) is 4.98 Å². The van der Waals surface area contributed by atoms with Gasteiger partial charge in [-0.2, -0.15) is 0 Å². The number of H-pyrrole nitrogens is 1. The summed E-state index contributed by atoms with van der Waals surface area (Å²) in [6, 6.07) is 5.80. The summed E-state index contributed by atoms with van der Waals surface area (Å²) < 4.78 is 15.8. The van der Waals surface area contributed by atoms with Crippen molar-refractivity contribution in [3.63, 3.8) is 0 Å². The number of ether oxygens (including phenoxy) is 3. The summed E-state index contributed by atoms with van der Waals surface area (Å²) in [5, 5.41) is 1.03. The van der Waals surface area contributed by atoms with Crippen LogP contribution in [0.5, 0.6) is 5.75 Å². The number of aromatic nitrogens is 1. The Morgan fingerprint density at radius 1 is 1.21 bits per heavy atom. The average Bonchev–Trinajstić information content (AvgIpc) is 3.08. The van der Waals surface area contributed by atoms with Crippen LogP contribution in [0.2, 0.25) is 0 Å². The highest BCUT2D eigenvalue weighted by atomic mass is 16.7. The molecule has 1 aromatic heterocycles. The molecule has 2 aliphatic heterocycles. The molecule has 0 saturated carbocycles. The van der Waals surface area contributed by atoms with Gasteiger partial charge in [-0.25, -0.2) is 0 Å². The Bertz CT molecular complexity index is 935. The Balaban J connectivity index is 1.80. The van der Waals surface area contributed by atoms with E-state index in [-0.39, 0.29) is 24.9 Å². The molecule has 2 aliphatic rings. The van der Waals surface area contributed by atoms with E-state index in [1.165, 1.54) is 19.1 Å². The monoisotopic (exact) mass is 387 g/mol. The molecule has 8 nitrogen and oxygen atoms in total. The third-order valence-corrected chi connectivity index (χ3v) is 5.95. The van der Waals surface area contributed by atoms with Crippen LogP contribution < -0.4 is 4.74 Å². The molecule has 28 heavy (non-hydrogen) atoms. The summed E-state index contributed by atoms with van der Waals surface area (Å²) in [5.41, 5.74) is 1.68. The third kappa shape index (κ3) is 2.59. The van der Waals surface area contributed by atoms with Crippen molar-refractivity contribution >= 4 is 22.7 Å². The second kappa shape index (κ2) is 6.79. The quantitative estimate of drug-likeness (QED) is 0.781. The molecular weight excluding hydrogens is 362 g/mol. The number of benzene rings is 1. The van der Waals surface area contributed by atoms with E-state index >= 15 is 0 Å². The topological polar surface area (TPSA) is 84.1 Å². The Morgan fingerprint density at radius 2 is 1.96 bits per heavy atom. The van der Waals surface area contributed by atoms with E-state index < -0.39 is 11.8 Å². The van der Waals surface area contributed by atoms with Gasteiger partial charge in [0.1, 0.15) is 12.3 Å². The van der Waals surface area contributed by atoms with Gasteiger partial charge in [-0.3, -0.25) is 9.59 Å². The molecule has 0 radical (unpaired) electrons. The first-order valence-electron chi connectivity index (χ1n) is 9.28. The molecule has 150 valence electrons. The molecule has 8 heteroatoms. The molecule has 0 spiro atoms. The summed E-state index contributed by atoms with van der Waals surface area (Å²) in [5.74, 6) is 0.554. The molecular formula is C20H25N3O5. The minimum Gasteiger partial charge on any atom is -0.497 e. The van der Waals surface area contributed by atoms with Crippen LogP contribution in [0, 0.1) is 0 Å². The standard InChI is InChI=1S/C20H25N3O5/c1-20-18-13(14-9-12(26-2)5-6-15(14)21-18)7-8-23(20)16(24)10-22(19(20)25)11-17(27-3)28-4/h5-6,9,17,21H,7-8,10-11H2,1-4H3/t20-/m0/s1. The van der Waals surface area contributed by atoms with Crippen LogP contribution in [-0.4, -0.2) is 73.9 Å². The number of methoxy groups -OCH3 is 3. The van der Waals surface area contributed by atoms with Gasteiger partial charge in [-0.1, -0.05) is 0 Å². The number of hydrogen-bond donors (Lipinski definition) is 1. The van der Waals surface area contributed by atoms with Gasteiger partial charge in [0.15, 0.2) is 11.8 Å². The summed E-state index contributed by atoms with van der Waals surface area (Å²) in [4.78, 5) is 33.0. The van der Waals surface area contributed by atoms with E-state index in [1.807, 2.05) is 25.1 Å². The lowest BCUT2D eigenvalue weighted by molar-refractivity contribution is -0.174. The van der Waals surface area contributed by atoms with Gasteiger partial charge >= 0.3 is 0 Å². The molecule has 1 fully saturated rings. The van der Waals surface area contributed by atoms with E-state index in [9.17, 15) is 9.59 Å². The zero-order valence-electron chi connectivity index (χ0n) is 16.6. The van der Waals surface area contributed by atoms with Crippen LogP contribution in [0.3, 0.4) is 0 Å². The van der Waals surface area contributed by atoms with Crippen molar-refractivity contribution in [2.75, 3.05) is 41.0 Å². The van der Waals surface area contributed by atoms with Crippen LogP contribution in [0.25, 0.3) is 10.9 Å². The van der Waals surface area contributed by atoms with Crippen LogP contribution in [0.1, 0.15) is 18.2 Å². The van der Waals surface area contributed by atoms with Crippen LogP contribution in [-0.2, 0) is 31.0 Å². The lowest BCUT2D eigenvalue weighted by Crippen LogP contribution is -2.67. The first-order chi connectivity index (χ1) is 13.4. The van der Waals surface area contributed by atoms with Crippen LogP contribution in [0.4, 0.5) is 0 Å². The Labute approximate surface area is 163 Å². The zero-order chi connectivity index (χ0) is 20.1. The number of amides is 2. The molecule has 2 amide bonds. The molecule has 1 atom stereocenters. The zero-order valence-corrected chi connectivity index (χ0v) is 16.6. The van der Waals surface area contributed by atoms with Crippen molar-refractivity contribution in [1.29, 1.82) is 0 Å². The highest BCUT2D eigenvalue weighted by Crippen LogP contribution is 2.42. The van der Waals surface area contributed by atoms with E-state index in [1.54, 1.807) is 12.0 Å². The second-order valence-electron chi connectivity index (χ2n) is 7.34. The molecule has 3 heterocycles. The summed E-state index contributed by atoms with van der Waals surface area (Å²) >= 11 is 0. The average molecular weight is 387 g/mol. The fourth-order valence-corrected chi connectivity index (χ4v) is 4.41. The summed E-state index contributed by atoms with van der Waals surface area (Å²) in [7, 11) is 4.66. The number of rotatable bonds is 5. The van der Waals surface area contributed by atoms with Crippen molar-refractivity contribution in [2.45, 2.75) is 25.2 Å². The van der Waals surface area contributed by atoms with Gasteiger partial charge in [-0.15, -0.1) is 0 Å². The molecule has 0 aliphatic carbocycles. The maximum atomic E-state index is 13.5. The highest BCUT2D eigenvalue weighted by molar-refractivity contribution is 6.00. The lowest BCUT2D eigenvalue weighted by Gasteiger charge is -2.49. The molecule has 2 aromatic rings. The van der Waals surface area contributed by atoms with E-state index in [0.29, 0.717) is 13.0 Å². The number of nitrogens with one attached hydrogen (secondary N) is 1. The lowest BCUT2D eigenvalue weighted by atomic mass is 9.83. The van der Waals surface area contributed by atoms with Crippen LogP contribution in [0.15, 0.2) is 18.2 Å². The fourth-order valence-electron chi connectivity index (χ4n) is 4.41. The Morgan fingerprint density at radius 3 is 2.64 bits per heavy atom. The molecule has 4 rings (SSSR count). The van der Waals surface area contributed by atoms with Gasteiger partial charge in [0.05, 0.1) is 19.3 Å². The predicted molar refractivity (Wildman–Crippen MR) is 102 cm³/mol. The largest absolute Gasteiger partial charge is 0.497 e. The van der Waals surface area contributed by atoms with Gasteiger partial charge < -0.3 is 29.0 Å². The predicted octanol–water partition coefficient (Wildman–Crippen LogP) is 1.24. The Hall–Kier alpha value is -2.58. The maximum Gasteiger partial charge on any atom is 0.255 e. The number of carbonyl (C=O) groups is 2. The molecule has 1 saturated heterocycles. The van der Waals surface area contributed by atoms with Crippen molar-refractivity contribution in [3.8, 4) is 5.75 Å². The number of fused-ring (bicyclic) bond motifs is 5. The number of piperazine rings is 1. The molecule has 1 aromatic carbocycles. The maximum absolute atomic E-state index is 13.5. The van der Waals surface area contributed by atoms with Gasteiger partial charge in [0, 0.05) is 31.7 Å².